The zero-order chi connectivity index (χ0) is 8.65. The van der Waals surface area contributed by atoms with E-state index in [0.717, 1.165) is 6.42 Å². The molecule has 1 fully saturated rings. The van der Waals surface area contributed by atoms with E-state index in [1.165, 1.54) is 0 Å². The van der Waals surface area contributed by atoms with Crippen molar-refractivity contribution in [2.24, 2.45) is 5.92 Å². The smallest absolute Gasteiger partial charge is 0.167 e. The van der Waals surface area contributed by atoms with E-state index in [4.69, 9.17) is 4.84 Å². The van der Waals surface area contributed by atoms with Gasteiger partial charge >= 0.3 is 0 Å². The summed E-state index contributed by atoms with van der Waals surface area (Å²) in [6.07, 6.45) is 1.09. The summed E-state index contributed by atoms with van der Waals surface area (Å²) in [6.45, 7) is 10.9. The van der Waals surface area contributed by atoms with Crippen molar-refractivity contribution in [2.45, 2.75) is 52.8 Å². The molecule has 2 heteroatoms. The molecule has 0 bridgehead atoms. The summed E-state index contributed by atoms with van der Waals surface area (Å²) in [5.41, 5.74) is 0.0637. The highest BCUT2D eigenvalue weighted by Crippen LogP contribution is 2.45. The van der Waals surface area contributed by atoms with Crippen molar-refractivity contribution in [3.8, 4) is 0 Å². The van der Waals surface area contributed by atoms with E-state index in [1.54, 1.807) is 0 Å². The van der Waals surface area contributed by atoms with E-state index in [-0.39, 0.29) is 5.72 Å². The molecule has 0 aromatic heterocycles. The lowest BCUT2D eigenvalue weighted by Crippen LogP contribution is -2.27. The average molecular weight is 157 g/mol. The SMILES string of the molecule is CCC1(C(C)C)ON1C(C)C. The highest BCUT2D eigenvalue weighted by molar-refractivity contribution is 4.90. The van der Waals surface area contributed by atoms with Crippen LogP contribution in [0.25, 0.3) is 0 Å². The van der Waals surface area contributed by atoms with Crippen LogP contribution in [0.3, 0.4) is 0 Å². The van der Waals surface area contributed by atoms with Gasteiger partial charge in [-0.05, 0) is 20.3 Å². The normalized spacial score (nSPS) is 36.8. The summed E-state index contributed by atoms with van der Waals surface area (Å²) in [6, 6.07) is 0.511. The van der Waals surface area contributed by atoms with Crippen LogP contribution in [0.15, 0.2) is 0 Å². The molecule has 2 atom stereocenters. The molecule has 0 amide bonds. The van der Waals surface area contributed by atoms with E-state index < -0.39 is 0 Å². The third kappa shape index (κ3) is 1.30. The van der Waals surface area contributed by atoms with E-state index in [9.17, 15) is 0 Å². The van der Waals surface area contributed by atoms with Gasteiger partial charge in [0.25, 0.3) is 0 Å². The topological polar surface area (TPSA) is 15.5 Å². The number of hydrogen-bond donors (Lipinski definition) is 0. The van der Waals surface area contributed by atoms with Gasteiger partial charge in [0.1, 0.15) is 0 Å². The van der Waals surface area contributed by atoms with Crippen molar-refractivity contribution in [1.82, 2.24) is 5.06 Å². The van der Waals surface area contributed by atoms with Crippen molar-refractivity contribution in [3.63, 3.8) is 0 Å². The average Bonchev–Trinajstić information content (AvgIpc) is 2.62. The molecule has 2 nitrogen and oxygen atoms in total. The third-order valence-electron chi connectivity index (χ3n) is 2.47. The van der Waals surface area contributed by atoms with Crippen LogP contribution in [0.4, 0.5) is 0 Å². The fourth-order valence-electron chi connectivity index (χ4n) is 1.68. The number of hydroxylamine groups is 2. The van der Waals surface area contributed by atoms with Crippen molar-refractivity contribution >= 4 is 0 Å². The summed E-state index contributed by atoms with van der Waals surface area (Å²) >= 11 is 0. The van der Waals surface area contributed by atoms with Gasteiger partial charge in [0.15, 0.2) is 5.72 Å². The molecular weight excluding hydrogens is 138 g/mol. The third-order valence-corrected chi connectivity index (χ3v) is 2.47. The predicted molar refractivity (Wildman–Crippen MR) is 45.9 cm³/mol. The van der Waals surface area contributed by atoms with Gasteiger partial charge in [-0.2, -0.15) is 5.06 Å². The first-order valence-electron chi connectivity index (χ1n) is 4.53. The molecule has 2 unspecified atom stereocenters. The Labute approximate surface area is 69.5 Å². The molecule has 0 N–H and O–H groups in total. The molecule has 0 radical (unpaired) electrons. The van der Waals surface area contributed by atoms with E-state index >= 15 is 0 Å². The van der Waals surface area contributed by atoms with Gasteiger partial charge in [0, 0.05) is 12.0 Å². The van der Waals surface area contributed by atoms with Crippen LogP contribution in [0.5, 0.6) is 0 Å². The zero-order valence-corrected chi connectivity index (χ0v) is 8.22. The van der Waals surface area contributed by atoms with Gasteiger partial charge in [0.05, 0.1) is 0 Å². The minimum Gasteiger partial charge on any atom is -0.271 e. The second kappa shape index (κ2) is 2.76. The van der Waals surface area contributed by atoms with Gasteiger partial charge in [-0.1, -0.05) is 20.8 Å². The lowest BCUT2D eigenvalue weighted by atomic mass is 9.99. The van der Waals surface area contributed by atoms with Gasteiger partial charge < -0.3 is 0 Å². The Hall–Kier alpha value is -0.0800. The first kappa shape index (κ1) is 9.01. The first-order chi connectivity index (χ1) is 5.04. The summed E-state index contributed by atoms with van der Waals surface area (Å²) in [5.74, 6) is 0.592. The van der Waals surface area contributed by atoms with Gasteiger partial charge in [-0.15, -0.1) is 0 Å². The largest absolute Gasteiger partial charge is 0.271 e. The first-order valence-corrected chi connectivity index (χ1v) is 4.53. The van der Waals surface area contributed by atoms with Gasteiger partial charge in [-0.3, -0.25) is 4.84 Å². The maximum Gasteiger partial charge on any atom is 0.167 e. The molecule has 1 aliphatic rings. The Kier molecular flexibility index (Phi) is 2.26. The Morgan fingerprint density at radius 3 is 1.91 bits per heavy atom. The Morgan fingerprint density at radius 2 is 1.82 bits per heavy atom. The quantitative estimate of drug-likeness (QED) is 0.585. The monoisotopic (exact) mass is 157 g/mol. The molecule has 0 saturated carbocycles. The predicted octanol–water partition coefficient (Wildman–Crippen LogP) is 2.40. The standard InChI is InChI=1S/C9H19NO/c1-6-9(7(2)3)10(11-9)8(4)5/h7-8H,6H2,1-5H3. The fourth-order valence-corrected chi connectivity index (χ4v) is 1.68. The van der Waals surface area contributed by atoms with Crippen molar-refractivity contribution in [2.75, 3.05) is 0 Å². The highest BCUT2D eigenvalue weighted by atomic mass is 16.9. The van der Waals surface area contributed by atoms with Crippen LogP contribution < -0.4 is 0 Å². The fraction of sp³-hybridized carbons (Fsp3) is 1.00. The molecule has 0 aliphatic carbocycles. The van der Waals surface area contributed by atoms with Crippen molar-refractivity contribution in [1.29, 1.82) is 0 Å². The molecular formula is C9H19NO. The maximum absolute atomic E-state index is 5.61. The van der Waals surface area contributed by atoms with Crippen molar-refractivity contribution < 1.29 is 4.84 Å². The summed E-state index contributed by atoms with van der Waals surface area (Å²) in [4.78, 5) is 5.61. The lowest BCUT2D eigenvalue weighted by Gasteiger charge is -2.15. The Morgan fingerprint density at radius 1 is 1.27 bits per heavy atom. The number of nitrogens with zero attached hydrogens (tertiary/aromatic N) is 1. The van der Waals surface area contributed by atoms with Crippen LogP contribution in [0.1, 0.15) is 41.0 Å². The highest BCUT2D eigenvalue weighted by Gasteiger charge is 2.56. The van der Waals surface area contributed by atoms with Crippen LogP contribution in [0.2, 0.25) is 0 Å². The van der Waals surface area contributed by atoms with Crippen LogP contribution in [0, 0.1) is 5.92 Å². The molecule has 1 saturated heterocycles. The van der Waals surface area contributed by atoms with E-state index in [2.05, 4.69) is 39.7 Å². The summed E-state index contributed by atoms with van der Waals surface area (Å²) in [7, 11) is 0. The molecule has 1 aliphatic heterocycles. The summed E-state index contributed by atoms with van der Waals surface area (Å²) in [5, 5.41) is 2.11. The van der Waals surface area contributed by atoms with E-state index in [1.807, 2.05) is 0 Å². The summed E-state index contributed by atoms with van der Waals surface area (Å²) < 4.78 is 0. The second-order valence-corrected chi connectivity index (χ2v) is 3.86. The van der Waals surface area contributed by atoms with Crippen LogP contribution in [-0.2, 0) is 4.84 Å². The molecule has 1 heterocycles. The van der Waals surface area contributed by atoms with Crippen molar-refractivity contribution in [3.05, 3.63) is 0 Å². The number of hydrogen-bond acceptors (Lipinski definition) is 2. The zero-order valence-electron chi connectivity index (χ0n) is 8.22. The van der Waals surface area contributed by atoms with Crippen LogP contribution >= 0.6 is 0 Å². The second-order valence-electron chi connectivity index (χ2n) is 3.86. The van der Waals surface area contributed by atoms with Gasteiger partial charge in [0.2, 0.25) is 0 Å². The Balaban J connectivity index is 2.56. The van der Waals surface area contributed by atoms with E-state index in [0.29, 0.717) is 12.0 Å². The minimum atomic E-state index is 0.0637. The molecule has 0 aromatic rings. The molecule has 0 aromatic carbocycles. The minimum absolute atomic E-state index is 0.0637. The molecule has 66 valence electrons. The molecule has 1 rings (SSSR count). The number of rotatable bonds is 3. The molecule has 0 spiro atoms. The lowest BCUT2D eigenvalue weighted by molar-refractivity contribution is 0.158. The maximum atomic E-state index is 5.61. The molecule has 11 heavy (non-hydrogen) atoms. The van der Waals surface area contributed by atoms with Gasteiger partial charge in [-0.25, -0.2) is 0 Å². The Bertz CT molecular complexity index is 144. The van der Waals surface area contributed by atoms with Crippen LogP contribution in [-0.4, -0.2) is 16.8 Å².